The van der Waals surface area contributed by atoms with Crippen molar-refractivity contribution in [1.82, 2.24) is 4.31 Å². The summed E-state index contributed by atoms with van der Waals surface area (Å²) in [5.41, 5.74) is 2.15. The lowest BCUT2D eigenvalue weighted by Gasteiger charge is -2.30. The van der Waals surface area contributed by atoms with Gasteiger partial charge in [-0.3, -0.25) is 0 Å². The van der Waals surface area contributed by atoms with E-state index in [4.69, 9.17) is 4.42 Å². The van der Waals surface area contributed by atoms with Gasteiger partial charge in [0.25, 0.3) is 0 Å². The van der Waals surface area contributed by atoms with Crippen molar-refractivity contribution in [3.8, 4) is 0 Å². The average molecular weight is 293 g/mol. The van der Waals surface area contributed by atoms with E-state index in [2.05, 4.69) is 19.1 Å². The number of furan rings is 1. The highest BCUT2D eigenvalue weighted by Crippen LogP contribution is 2.21. The summed E-state index contributed by atoms with van der Waals surface area (Å²) in [6.45, 7) is 8.13. The van der Waals surface area contributed by atoms with Crippen molar-refractivity contribution in [3.63, 3.8) is 0 Å². The lowest BCUT2D eigenvalue weighted by atomic mass is 10.1. The Balaban J connectivity index is 2.10. The van der Waals surface area contributed by atoms with Gasteiger partial charge in [0.1, 0.15) is 5.58 Å². The maximum absolute atomic E-state index is 12.4. The molecule has 0 radical (unpaired) electrons. The average Bonchev–Trinajstić information content (AvgIpc) is 2.83. The summed E-state index contributed by atoms with van der Waals surface area (Å²) in [5, 5.41) is 1.12. The van der Waals surface area contributed by atoms with Crippen LogP contribution in [-0.4, -0.2) is 26.4 Å². The molecule has 1 heterocycles. The lowest BCUT2D eigenvalue weighted by molar-refractivity contribution is 0.403. The number of fused-ring (bicyclic) bond motifs is 1. The van der Waals surface area contributed by atoms with Gasteiger partial charge in [-0.15, -0.1) is 0 Å². The summed E-state index contributed by atoms with van der Waals surface area (Å²) in [4.78, 5) is 0. The first-order valence-corrected chi connectivity index (χ1v) is 8.00. The molecule has 2 rings (SSSR count). The van der Waals surface area contributed by atoms with Crippen LogP contribution in [0.25, 0.3) is 11.0 Å². The fourth-order valence-corrected chi connectivity index (χ4v) is 3.47. The van der Waals surface area contributed by atoms with Crippen molar-refractivity contribution in [2.24, 2.45) is 0 Å². The summed E-state index contributed by atoms with van der Waals surface area (Å²) in [6, 6.07) is 8.41. The number of hydrogen-bond donors (Lipinski definition) is 0. The Hall–Kier alpha value is -1.13. The first-order chi connectivity index (χ1) is 9.29. The van der Waals surface area contributed by atoms with Crippen LogP contribution in [0.4, 0.5) is 0 Å². The minimum absolute atomic E-state index is 0.222. The molecule has 0 bridgehead atoms. The Labute approximate surface area is 123 Å². The smallest absolute Gasteiger partial charge is 0.133 e. The molecule has 0 aliphatic carbocycles. The van der Waals surface area contributed by atoms with Gasteiger partial charge in [-0.1, -0.05) is 6.07 Å². The standard InChI is InChI=1S/C16H23NO2S/c1-12(17(5)20(18)16(2,3)4)10-13-6-7-15-14(11-13)8-9-19-15/h6-9,11-12H,10H2,1-5H3/t12-,20?/m1/s1. The van der Waals surface area contributed by atoms with Crippen molar-refractivity contribution < 1.29 is 8.63 Å². The largest absolute Gasteiger partial charge is 0.464 e. The third-order valence-electron chi connectivity index (χ3n) is 3.45. The van der Waals surface area contributed by atoms with E-state index in [9.17, 15) is 4.21 Å². The molecule has 1 aromatic heterocycles. The van der Waals surface area contributed by atoms with Crippen molar-refractivity contribution in [1.29, 1.82) is 0 Å². The quantitative estimate of drug-likeness (QED) is 0.860. The van der Waals surface area contributed by atoms with Crippen LogP contribution in [0.2, 0.25) is 0 Å². The Morgan fingerprint density at radius 3 is 2.65 bits per heavy atom. The molecule has 2 aromatic rings. The van der Waals surface area contributed by atoms with Crippen molar-refractivity contribution in [2.45, 2.75) is 44.9 Å². The highest BCUT2D eigenvalue weighted by molar-refractivity contribution is 7.84. The van der Waals surface area contributed by atoms with Crippen LogP contribution in [0.3, 0.4) is 0 Å². The van der Waals surface area contributed by atoms with Crippen molar-refractivity contribution in [2.75, 3.05) is 7.05 Å². The molecule has 0 amide bonds. The number of likely N-dealkylation sites (N-methyl/N-ethyl adjacent to an activating group) is 1. The lowest BCUT2D eigenvalue weighted by Crippen LogP contribution is -2.40. The molecule has 0 saturated heterocycles. The van der Waals surface area contributed by atoms with E-state index in [1.54, 1.807) is 6.26 Å². The molecule has 2 atom stereocenters. The Morgan fingerprint density at radius 1 is 1.30 bits per heavy atom. The number of benzene rings is 1. The second-order valence-electron chi connectivity index (χ2n) is 6.25. The first-order valence-electron chi connectivity index (χ1n) is 6.90. The molecule has 0 aliphatic rings. The molecule has 0 spiro atoms. The topological polar surface area (TPSA) is 33.5 Å². The molecule has 0 fully saturated rings. The normalized spacial score (nSPS) is 15.7. The second-order valence-corrected chi connectivity index (χ2v) is 8.55. The van der Waals surface area contributed by atoms with E-state index in [-0.39, 0.29) is 10.8 Å². The molecular formula is C16H23NO2S. The molecular weight excluding hydrogens is 270 g/mol. The zero-order valence-electron chi connectivity index (χ0n) is 12.8. The zero-order valence-corrected chi connectivity index (χ0v) is 13.7. The van der Waals surface area contributed by atoms with Crippen LogP contribution >= 0.6 is 0 Å². The number of nitrogens with zero attached hydrogens (tertiary/aromatic N) is 1. The van der Waals surface area contributed by atoms with Crippen LogP contribution in [0.5, 0.6) is 0 Å². The summed E-state index contributed by atoms with van der Waals surface area (Å²) in [5.74, 6) is 0. The van der Waals surface area contributed by atoms with Gasteiger partial charge in [0.05, 0.1) is 22.0 Å². The highest BCUT2D eigenvalue weighted by atomic mass is 32.2. The third-order valence-corrected chi connectivity index (χ3v) is 5.38. The summed E-state index contributed by atoms with van der Waals surface area (Å²) >= 11 is 0. The fraction of sp³-hybridized carbons (Fsp3) is 0.500. The predicted octanol–water partition coefficient (Wildman–Crippen LogP) is 3.76. The van der Waals surface area contributed by atoms with E-state index in [0.29, 0.717) is 0 Å². The van der Waals surface area contributed by atoms with Crippen LogP contribution in [0.15, 0.2) is 34.9 Å². The van der Waals surface area contributed by atoms with Gasteiger partial charge in [-0.2, -0.15) is 0 Å². The minimum Gasteiger partial charge on any atom is -0.464 e. The van der Waals surface area contributed by atoms with Crippen LogP contribution < -0.4 is 0 Å². The predicted molar refractivity (Wildman–Crippen MR) is 85.0 cm³/mol. The maximum atomic E-state index is 12.4. The summed E-state index contributed by atoms with van der Waals surface area (Å²) in [7, 11) is 0.943. The molecule has 1 aromatic carbocycles. The van der Waals surface area contributed by atoms with Crippen molar-refractivity contribution >= 4 is 22.0 Å². The van der Waals surface area contributed by atoms with E-state index < -0.39 is 11.0 Å². The monoisotopic (exact) mass is 293 g/mol. The Kier molecular flexibility index (Phi) is 4.35. The van der Waals surface area contributed by atoms with E-state index in [0.717, 1.165) is 17.4 Å². The molecule has 0 saturated carbocycles. The molecule has 0 N–H and O–H groups in total. The molecule has 110 valence electrons. The van der Waals surface area contributed by atoms with Gasteiger partial charge in [0, 0.05) is 18.5 Å². The van der Waals surface area contributed by atoms with E-state index in [1.165, 1.54) is 5.56 Å². The molecule has 0 aliphatic heterocycles. The van der Waals surface area contributed by atoms with Crippen molar-refractivity contribution in [3.05, 3.63) is 36.1 Å². The Morgan fingerprint density at radius 2 is 2.00 bits per heavy atom. The fourth-order valence-electron chi connectivity index (χ4n) is 2.21. The SMILES string of the molecule is C[C@H](Cc1ccc2occc2c1)N(C)S(=O)C(C)(C)C. The number of hydrogen-bond acceptors (Lipinski definition) is 2. The van der Waals surface area contributed by atoms with Gasteiger partial charge in [-0.05, 0) is 57.9 Å². The van der Waals surface area contributed by atoms with Gasteiger partial charge < -0.3 is 4.42 Å². The molecule has 4 heteroatoms. The summed E-state index contributed by atoms with van der Waals surface area (Å²) < 4.78 is 19.5. The van der Waals surface area contributed by atoms with Gasteiger partial charge in [0.15, 0.2) is 0 Å². The Bertz CT molecular complexity index is 612. The third kappa shape index (κ3) is 3.30. The first kappa shape index (κ1) is 15.3. The maximum Gasteiger partial charge on any atom is 0.133 e. The molecule has 20 heavy (non-hydrogen) atoms. The summed E-state index contributed by atoms with van der Waals surface area (Å²) in [6.07, 6.45) is 2.58. The van der Waals surface area contributed by atoms with Crippen LogP contribution in [-0.2, 0) is 17.4 Å². The van der Waals surface area contributed by atoms with Gasteiger partial charge in [0.2, 0.25) is 0 Å². The van der Waals surface area contributed by atoms with E-state index in [1.807, 2.05) is 44.3 Å². The van der Waals surface area contributed by atoms with Gasteiger partial charge >= 0.3 is 0 Å². The zero-order chi connectivity index (χ0) is 14.9. The van der Waals surface area contributed by atoms with Crippen LogP contribution in [0.1, 0.15) is 33.3 Å². The molecule has 3 nitrogen and oxygen atoms in total. The second kappa shape index (κ2) is 5.70. The molecule has 1 unspecified atom stereocenters. The van der Waals surface area contributed by atoms with Crippen LogP contribution in [0, 0.1) is 0 Å². The highest BCUT2D eigenvalue weighted by Gasteiger charge is 2.26. The van der Waals surface area contributed by atoms with Gasteiger partial charge in [-0.25, -0.2) is 8.51 Å². The number of rotatable bonds is 4. The van der Waals surface area contributed by atoms with E-state index >= 15 is 0 Å². The minimum atomic E-state index is -0.990.